The second-order valence-corrected chi connectivity index (χ2v) is 6.44. The second-order valence-electron chi connectivity index (χ2n) is 6.44. The van der Waals surface area contributed by atoms with Gasteiger partial charge in [0, 0.05) is 36.4 Å². The fourth-order valence-electron chi connectivity index (χ4n) is 3.17. The van der Waals surface area contributed by atoms with E-state index in [0.717, 1.165) is 18.5 Å². The largest absolute Gasteiger partial charge is 0.350 e. The number of hydrogen-bond donors (Lipinski definition) is 2. The number of hydrogen-bond acceptors (Lipinski definition) is 3. The van der Waals surface area contributed by atoms with Crippen molar-refractivity contribution in [3.63, 3.8) is 0 Å². The van der Waals surface area contributed by atoms with E-state index in [-0.39, 0.29) is 17.5 Å². The number of amides is 3. The Morgan fingerprint density at radius 2 is 2.04 bits per heavy atom. The zero-order chi connectivity index (χ0) is 17.7. The molecular formula is C18H28N4O2. The lowest BCUT2D eigenvalue weighted by Gasteiger charge is -2.38. The first kappa shape index (κ1) is 18.3. The van der Waals surface area contributed by atoms with E-state index in [1.54, 1.807) is 17.0 Å². The molecule has 3 amide bonds. The molecule has 0 bridgehead atoms. The number of anilines is 1. The van der Waals surface area contributed by atoms with Crippen LogP contribution in [0.15, 0.2) is 24.3 Å². The molecule has 24 heavy (non-hydrogen) atoms. The quantitative estimate of drug-likeness (QED) is 0.803. The summed E-state index contributed by atoms with van der Waals surface area (Å²) in [6, 6.07) is 7.10. The summed E-state index contributed by atoms with van der Waals surface area (Å²) in [5.41, 5.74) is 1.29. The van der Waals surface area contributed by atoms with Crippen LogP contribution in [0.3, 0.4) is 0 Å². The van der Waals surface area contributed by atoms with Gasteiger partial charge in [0.25, 0.3) is 5.91 Å². The Morgan fingerprint density at radius 3 is 2.58 bits per heavy atom. The van der Waals surface area contributed by atoms with E-state index >= 15 is 0 Å². The lowest BCUT2D eigenvalue weighted by Crippen LogP contribution is -2.52. The van der Waals surface area contributed by atoms with Gasteiger partial charge in [-0.3, -0.25) is 9.69 Å². The van der Waals surface area contributed by atoms with Crippen LogP contribution in [-0.4, -0.2) is 56.1 Å². The van der Waals surface area contributed by atoms with Crippen LogP contribution < -0.4 is 15.5 Å². The third-order valence-electron chi connectivity index (χ3n) is 5.12. The lowest BCUT2D eigenvalue weighted by atomic mass is 9.91. The molecule has 0 radical (unpaired) electrons. The van der Waals surface area contributed by atoms with Crippen molar-refractivity contribution >= 4 is 17.6 Å². The summed E-state index contributed by atoms with van der Waals surface area (Å²) >= 11 is 0. The van der Waals surface area contributed by atoms with Crippen molar-refractivity contribution in [3.8, 4) is 0 Å². The van der Waals surface area contributed by atoms with Gasteiger partial charge < -0.3 is 15.5 Å². The first-order chi connectivity index (χ1) is 11.4. The molecule has 1 aliphatic heterocycles. The van der Waals surface area contributed by atoms with Gasteiger partial charge in [0.2, 0.25) is 0 Å². The predicted octanol–water partition coefficient (Wildman–Crippen LogP) is 2.07. The Bertz CT molecular complexity index is 596. The summed E-state index contributed by atoms with van der Waals surface area (Å²) in [7, 11) is 4.09. The van der Waals surface area contributed by atoms with E-state index in [0.29, 0.717) is 25.2 Å². The van der Waals surface area contributed by atoms with Crippen LogP contribution in [0.25, 0.3) is 0 Å². The van der Waals surface area contributed by atoms with Gasteiger partial charge >= 0.3 is 6.03 Å². The smallest absolute Gasteiger partial charge is 0.321 e. The highest BCUT2D eigenvalue weighted by Gasteiger charge is 2.29. The van der Waals surface area contributed by atoms with E-state index in [1.165, 1.54) is 0 Å². The Labute approximate surface area is 144 Å². The topological polar surface area (TPSA) is 64.7 Å². The monoisotopic (exact) mass is 332 g/mol. The van der Waals surface area contributed by atoms with Crippen LogP contribution in [-0.2, 0) is 0 Å². The Balaban J connectivity index is 2.09. The Kier molecular flexibility index (Phi) is 5.83. The molecule has 0 aromatic heterocycles. The maximum atomic E-state index is 12.5. The number of carbonyl (C=O) groups excluding carboxylic acids is 2. The number of benzene rings is 1. The van der Waals surface area contributed by atoms with Gasteiger partial charge in [0.15, 0.2) is 0 Å². The van der Waals surface area contributed by atoms with Crippen molar-refractivity contribution < 1.29 is 9.59 Å². The van der Waals surface area contributed by atoms with Gasteiger partial charge in [-0.2, -0.15) is 0 Å². The summed E-state index contributed by atoms with van der Waals surface area (Å²) in [5.74, 6) is -0.107. The van der Waals surface area contributed by atoms with Crippen LogP contribution >= 0.6 is 0 Å². The minimum atomic E-state index is -0.115. The van der Waals surface area contributed by atoms with Crippen LogP contribution in [0.1, 0.15) is 37.0 Å². The zero-order valence-electron chi connectivity index (χ0n) is 15.1. The highest BCUT2D eigenvalue weighted by molar-refractivity contribution is 5.98. The van der Waals surface area contributed by atoms with Crippen LogP contribution in [0.4, 0.5) is 10.5 Å². The van der Waals surface area contributed by atoms with Crippen LogP contribution in [0, 0.1) is 0 Å². The molecule has 1 aromatic carbocycles. The Hall–Kier alpha value is -2.08. The third-order valence-corrected chi connectivity index (χ3v) is 5.12. The average molecular weight is 332 g/mol. The number of urea groups is 1. The highest BCUT2D eigenvalue weighted by atomic mass is 16.2. The summed E-state index contributed by atoms with van der Waals surface area (Å²) in [5, 5.41) is 5.82. The molecule has 1 aromatic rings. The molecule has 0 spiro atoms. The van der Waals surface area contributed by atoms with E-state index in [4.69, 9.17) is 0 Å². The van der Waals surface area contributed by atoms with Crippen LogP contribution in [0.2, 0.25) is 0 Å². The first-order valence-electron chi connectivity index (χ1n) is 8.54. The molecule has 1 aliphatic rings. The van der Waals surface area contributed by atoms with Crippen molar-refractivity contribution in [2.75, 3.05) is 38.6 Å². The number of carbonyl (C=O) groups is 2. The van der Waals surface area contributed by atoms with E-state index in [2.05, 4.69) is 29.4 Å². The first-order valence-corrected chi connectivity index (χ1v) is 8.54. The summed E-state index contributed by atoms with van der Waals surface area (Å²) in [6.45, 7) is 6.14. The fourth-order valence-corrected chi connectivity index (χ4v) is 3.17. The Morgan fingerprint density at radius 1 is 1.33 bits per heavy atom. The summed E-state index contributed by atoms with van der Waals surface area (Å²) in [4.78, 5) is 28.2. The molecule has 0 atom stereocenters. The molecular weight excluding hydrogens is 304 g/mol. The van der Waals surface area contributed by atoms with Crippen molar-refractivity contribution in [3.05, 3.63) is 29.8 Å². The standard InChI is InChI=1S/C18H28N4O2/c1-5-18(6-2,21(3)4)13-20-16(23)14-8-7-9-15(12-14)22-11-10-19-17(22)24/h7-9,12H,5-6,10-11,13H2,1-4H3,(H,19,24)(H,20,23). The molecule has 6 heteroatoms. The van der Waals surface area contributed by atoms with E-state index in [1.807, 2.05) is 26.2 Å². The van der Waals surface area contributed by atoms with Crippen LogP contribution in [0.5, 0.6) is 0 Å². The van der Waals surface area contributed by atoms with Gasteiger partial charge in [0.05, 0.1) is 0 Å². The number of nitrogens with zero attached hydrogens (tertiary/aromatic N) is 2. The minimum absolute atomic E-state index is 0.0396. The van der Waals surface area contributed by atoms with E-state index in [9.17, 15) is 9.59 Å². The molecule has 1 heterocycles. The molecule has 2 rings (SSSR count). The normalized spacial score (nSPS) is 14.9. The fraction of sp³-hybridized carbons (Fsp3) is 0.556. The maximum absolute atomic E-state index is 12.5. The SMILES string of the molecule is CCC(CC)(CNC(=O)c1cccc(N2CCNC2=O)c1)N(C)C. The maximum Gasteiger partial charge on any atom is 0.321 e. The van der Waals surface area contributed by atoms with Gasteiger partial charge in [0.1, 0.15) is 0 Å². The van der Waals surface area contributed by atoms with Gasteiger partial charge in [-0.1, -0.05) is 19.9 Å². The van der Waals surface area contributed by atoms with Gasteiger partial charge in [-0.05, 0) is 45.1 Å². The molecule has 2 N–H and O–H groups in total. The third kappa shape index (κ3) is 3.70. The highest BCUT2D eigenvalue weighted by Crippen LogP contribution is 2.21. The number of rotatable bonds is 7. The zero-order valence-corrected chi connectivity index (χ0v) is 15.1. The molecule has 132 valence electrons. The van der Waals surface area contributed by atoms with Crippen molar-refractivity contribution in [1.82, 2.24) is 15.5 Å². The number of nitrogens with one attached hydrogen (secondary N) is 2. The lowest BCUT2D eigenvalue weighted by molar-refractivity contribution is 0.0882. The molecule has 1 fully saturated rings. The van der Waals surface area contributed by atoms with Crippen molar-refractivity contribution in [2.45, 2.75) is 32.2 Å². The summed E-state index contributed by atoms with van der Waals surface area (Å²) in [6.07, 6.45) is 1.93. The molecule has 6 nitrogen and oxygen atoms in total. The predicted molar refractivity (Wildman–Crippen MR) is 96.5 cm³/mol. The van der Waals surface area contributed by atoms with Crippen molar-refractivity contribution in [2.24, 2.45) is 0 Å². The molecule has 0 saturated carbocycles. The summed E-state index contributed by atoms with van der Waals surface area (Å²) < 4.78 is 0. The molecule has 1 saturated heterocycles. The number of likely N-dealkylation sites (N-methyl/N-ethyl adjacent to an activating group) is 1. The molecule has 0 unspecified atom stereocenters. The van der Waals surface area contributed by atoms with E-state index < -0.39 is 0 Å². The second kappa shape index (κ2) is 7.66. The molecule has 0 aliphatic carbocycles. The van der Waals surface area contributed by atoms with Gasteiger partial charge in [-0.25, -0.2) is 4.79 Å². The van der Waals surface area contributed by atoms with Crippen molar-refractivity contribution in [1.29, 1.82) is 0 Å². The van der Waals surface area contributed by atoms with Gasteiger partial charge in [-0.15, -0.1) is 0 Å². The minimum Gasteiger partial charge on any atom is -0.350 e. The average Bonchev–Trinajstić information content (AvgIpc) is 3.02.